The van der Waals surface area contributed by atoms with Gasteiger partial charge in [-0.2, -0.15) is 0 Å². The monoisotopic (exact) mass is 661 g/mol. The van der Waals surface area contributed by atoms with Crippen molar-refractivity contribution in [3.8, 4) is 22.8 Å². The summed E-state index contributed by atoms with van der Waals surface area (Å²) in [5.41, 5.74) is 4.14. The molecule has 1 aliphatic carbocycles. The number of hydrogen-bond acceptors (Lipinski definition) is 4. The molecule has 0 amide bonds. The molecule has 4 aromatic rings. The van der Waals surface area contributed by atoms with E-state index < -0.39 is 5.60 Å². The van der Waals surface area contributed by atoms with Crippen LogP contribution in [0.5, 0.6) is 11.5 Å². The van der Waals surface area contributed by atoms with Crippen molar-refractivity contribution in [2.24, 2.45) is 11.8 Å². The zero-order valence-electron chi connectivity index (χ0n) is 21.4. The van der Waals surface area contributed by atoms with Gasteiger partial charge in [0, 0.05) is 34.4 Å². The summed E-state index contributed by atoms with van der Waals surface area (Å²) in [5, 5.41) is 2.22. The predicted molar refractivity (Wildman–Crippen MR) is 140 cm³/mol. The molecule has 0 aliphatic heterocycles. The van der Waals surface area contributed by atoms with Crippen LogP contribution >= 0.6 is 0 Å². The van der Waals surface area contributed by atoms with Crippen LogP contribution in [0, 0.1) is 17.9 Å². The molecule has 1 atom stereocenters. The number of rotatable bonds is 8. The Morgan fingerprint density at radius 2 is 1.58 bits per heavy atom. The van der Waals surface area contributed by atoms with Crippen molar-refractivity contribution in [3.05, 3.63) is 89.6 Å². The molecule has 0 fully saturated rings. The molecule has 5 heteroatoms. The molecule has 3 aromatic carbocycles. The first-order chi connectivity index (χ1) is 17.0. The minimum atomic E-state index is -0.838. The Morgan fingerprint density at radius 1 is 0.861 bits per heavy atom. The predicted octanol–water partition coefficient (Wildman–Crippen LogP) is 7.02. The average Bonchev–Trinajstić information content (AvgIpc) is 2.87. The molecule has 0 saturated carbocycles. The van der Waals surface area contributed by atoms with E-state index >= 15 is 0 Å². The van der Waals surface area contributed by atoms with Crippen LogP contribution in [0.3, 0.4) is 0 Å². The molecule has 190 valence electrons. The van der Waals surface area contributed by atoms with E-state index in [4.69, 9.17) is 19.2 Å². The summed E-state index contributed by atoms with van der Waals surface area (Å²) in [6.07, 6.45) is 1.87. The van der Waals surface area contributed by atoms with E-state index in [2.05, 4.69) is 76.2 Å². The van der Waals surface area contributed by atoms with Gasteiger partial charge < -0.3 is 19.2 Å². The van der Waals surface area contributed by atoms with Gasteiger partial charge in [0.2, 0.25) is 0 Å². The van der Waals surface area contributed by atoms with Gasteiger partial charge in [-0.15, -0.1) is 29.8 Å². The second kappa shape index (κ2) is 10.7. The Morgan fingerprint density at radius 3 is 2.31 bits per heavy atom. The molecule has 0 bridgehead atoms. The summed E-state index contributed by atoms with van der Waals surface area (Å²) in [6, 6.07) is 24.1. The van der Waals surface area contributed by atoms with Crippen LogP contribution in [0.15, 0.2) is 66.9 Å². The van der Waals surface area contributed by atoms with Gasteiger partial charge in [-0.3, -0.25) is 0 Å². The van der Waals surface area contributed by atoms with Gasteiger partial charge in [0.15, 0.2) is 11.5 Å². The van der Waals surface area contributed by atoms with Gasteiger partial charge in [-0.1, -0.05) is 57.5 Å². The topological polar surface area (TPSA) is 40.6 Å². The minimum Gasteiger partial charge on any atom is -0.489 e. The molecule has 5 rings (SSSR count). The van der Waals surface area contributed by atoms with Crippen molar-refractivity contribution < 1.29 is 35.3 Å². The summed E-state index contributed by atoms with van der Waals surface area (Å²) in [5.74, 6) is 2.30. The number of hydrogen-bond donors (Lipinski definition) is 0. The number of nitrogens with zero attached hydrogens (tertiary/aromatic N) is 1. The normalized spacial score (nSPS) is 16.1. The number of fused-ring (bicyclic) bond motifs is 2. The molecular formula is C31H32NO3Pt-. The van der Waals surface area contributed by atoms with Gasteiger partial charge in [0.25, 0.3) is 0 Å². The maximum absolute atomic E-state index is 6.51. The molecule has 1 aromatic heterocycles. The van der Waals surface area contributed by atoms with E-state index in [9.17, 15) is 0 Å². The largest absolute Gasteiger partial charge is 0.489 e. The Kier molecular flexibility index (Phi) is 7.87. The van der Waals surface area contributed by atoms with E-state index in [0.29, 0.717) is 25.0 Å². The molecule has 0 radical (unpaired) electrons. The van der Waals surface area contributed by atoms with E-state index in [0.717, 1.165) is 50.2 Å². The number of pyridine rings is 1. The molecule has 1 aliphatic rings. The first-order valence-electron chi connectivity index (χ1n) is 12.3. The second-order valence-corrected chi connectivity index (χ2v) is 9.98. The summed E-state index contributed by atoms with van der Waals surface area (Å²) in [6.45, 7) is 9.81. The number of ether oxygens (including phenoxy) is 3. The molecule has 36 heavy (non-hydrogen) atoms. The molecule has 0 N–H and O–H groups in total. The minimum absolute atomic E-state index is 0. The van der Waals surface area contributed by atoms with Crippen LogP contribution in [0.2, 0.25) is 0 Å². The van der Waals surface area contributed by atoms with Crippen LogP contribution in [-0.4, -0.2) is 25.3 Å². The van der Waals surface area contributed by atoms with Crippen molar-refractivity contribution in [2.45, 2.75) is 33.3 Å². The van der Waals surface area contributed by atoms with Crippen molar-refractivity contribution in [2.75, 3.05) is 20.3 Å². The third-order valence-electron chi connectivity index (χ3n) is 6.44. The van der Waals surface area contributed by atoms with E-state index in [1.165, 1.54) is 0 Å². The first-order valence-corrected chi connectivity index (χ1v) is 12.3. The van der Waals surface area contributed by atoms with Crippen molar-refractivity contribution in [1.29, 1.82) is 0 Å². The maximum Gasteiger partial charge on any atom is 0.161 e. The smallest absolute Gasteiger partial charge is 0.161 e. The Bertz CT molecular complexity index is 1360. The fraction of sp³-hybridized carbons (Fsp3) is 0.323. The van der Waals surface area contributed by atoms with E-state index in [-0.39, 0.29) is 21.1 Å². The van der Waals surface area contributed by atoms with Crippen LogP contribution in [0.25, 0.3) is 22.0 Å². The molecule has 1 unspecified atom stereocenters. The SMILES string of the molecule is COC1(c2ccc(OCC(C)C)c(OCC(C)C)c2)c2ccc[c-]c2-c2nccc3cccc1c23.[Pt]. The van der Waals surface area contributed by atoms with Gasteiger partial charge in [0.1, 0.15) is 5.60 Å². The Hall–Kier alpha value is -2.68. The van der Waals surface area contributed by atoms with Crippen LogP contribution in [0.1, 0.15) is 44.4 Å². The summed E-state index contributed by atoms with van der Waals surface area (Å²) in [7, 11) is 1.77. The van der Waals surface area contributed by atoms with Gasteiger partial charge in [0.05, 0.1) is 13.2 Å². The molecule has 1 heterocycles. The standard InChI is InChI=1S/C31H32NO3.Pt/c1-20(2)18-34-27-14-13-23(17-28(27)35-19-21(3)4)31(33-5)25-11-7-6-10-24(25)30-29-22(15-16-32-30)9-8-12-26(29)31;/h6-9,11-17,20-21H,18-19H2,1-5H3;/q-1;. The maximum atomic E-state index is 6.51. The summed E-state index contributed by atoms with van der Waals surface area (Å²) in [4.78, 5) is 4.76. The zero-order chi connectivity index (χ0) is 24.6. The van der Waals surface area contributed by atoms with E-state index in [1.54, 1.807) is 7.11 Å². The Labute approximate surface area is 228 Å². The van der Waals surface area contributed by atoms with E-state index in [1.807, 2.05) is 24.4 Å². The van der Waals surface area contributed by atoms with Gasteiger partial charge >= 0.3 is 0 Å². The third kappa shape index (κ3) is 4.46. The summed E-state index contributed by atoms with van der Waals surface area (Å²) >= 11 is 0. The van der Waals surface area contributed by atoms with Crippen molar-refractivity contribution in [3.63, 3.8) is 0 Å². The third-order valence-corrected chi connectivity index (χ3v) is 6.44. The first kappa shape index (κ1) is 26.4. The molecule has 0 spiro atoms. The van der Waals surface area contributed by atoms with Gasteiger partial charge in [-0.05, 0) is 57.6 Å². The van der Waals surface area contributed by atoms with Crippen LogP contribution < -0.4 is 9.47 Å². The fourth-order valence-electron chi connectivity index (χ4n) is 4.90. The molecule has 0 saturated heterocycles. The molecular weight excluding hydrogens is 629 g/mol. The van der Waals surface area contributed by atoms with Gasteiger partial charge in [-0.25, -0.2) is 0 Å². The zero-order valence-corrected chi connectivity index (χ0v) is 23.7. The number of benzene rings is 3. The second-order valence-electron chi connectivity index (χ2n) is 9.98. The number of aromatic nitrogens is 1. The quantitative estimate of drug-likeness (QED) is 0.191. The van der Waals surface area contributed by atoms with Crippen molar-refractivity contribution in [1.82, 2.24) is 4.98 Å². The average molecular weight is 662 g/mol. The van der Waals surface area contributed by atoms with Crippen LogP contribution in [0.4, 0.5) is 0 Å². The molecule has 4 nitrogen and oxygen atoms in total. The van der Waals surface area contributed by atoms with Crippen LogP contribution in [-0.2, 0) is 31.4 Å². The summed E-state index contributed by atoms with van der Waals surface area (Å²) < 4.78 is 18.9. The Balaban J connectivity index is 0.00000304. The fourth-order valence-corrected chi connectivity index (χ4v) is 4.90. The van der Waals surface area contributed by atoms with Crippen molar-refractivity contribution >= 4 is 10.8 Å². The number of methoxy groups -OCH3 is 1.